The van der Waals surface area contributed by atoms with Crippen molar-refractivity contribution >= 4 is 17.9 Å². The fourth-order valence-electron chi connectivity index (χ4n) is 4.06. The Morgan fingerprint density at radius 1 is 1.07 bits per heavy atom. The van der Waals surface area contributed by atoms with Crippen molar-refractivity contribution < 1.29 is 18.1 Å². The fourth-order valence-corrected chi connectivity index (χ4v) is 4.36. The molecular formula is C19H25F3N5S+. The van der Waals surface area contributed by atoms with Gasteiger partial charge in [-0.1, -0.05) is 12.5 Å². The molecule has 3 heterocycles. The van der Waals surface area contributed by atoms with Crippen molar-refractivity contribution in [2.75, 3.05) is 31.1 Å². The minimum atomic E-state index is -4.31. The molecule has 1 aromatic carbocycles. The van der Waals surface area contributed by atoms with E-state index in [4.69, 9.17) is 17.3 Å². The zero-order chi connectivity index (χ0) is 19.7. The summed E-state index contributed by atoms with van der Waals surface area (Å²) in [7, 11) is 0. The van der Waals surface area contributed by atoms with Gasteiger partial charge in [-0.2, -0.15) is 23.0 Å². The normalized spacial score (nSPS) is 18.8. The summed E-state index contributed by atoms with van der Waals surface area (Å²) in [6.45, 7) is 4.80. The molecule has 0 saturated carbocycles. The lowest BCUT2D eigenvalue weighted by atomic mass is 10.1. The van der Waals surface area contributed by atoms with Gasteiger partial charge in [0, 0.05) is 18.7 Å². The maximum atomic E-state index is 13.0. The molecule has 0 bridgehead atoms. The third-order valence-electron chi connectivity index (χ3n) is 5.66. The van der Waals surface area contributed by atoms with Crippen LogP contribution in [0.3, 0.4) is 0 Å². The van der Waals surface area contributed by atoms with E-state index < -0.39 is 11.7 Å². The van der Waals surface area contributed by atoms with E-state index in [-0.39, 0.29) is 0 Å². The topological polar surface area (TPSA) is 30.4 Å². The number of halogens is 3. The van der Waals surface area contributed by atoms with Crippen molar-refractivity contribution in [3.63, 3.8) is 0 Å². The molecule has 1 N–H and O–H groups in total. The Balaban J connectivity index is 1.40. The first-order chi connectivity index (χ1) is 13.4. The van der Waals surface area contributed by atoms with Crippen LogP contribution in [0.2, 0.25) is 0 Å². The maximum Gasteiger partial charge on any atom is 0.416 e. The number of quaternary nitrogens is 1. The van der Waals surface area contributed by atoms with Crippen molar-refractivity contribution in [3.8, 4) is 0 Å². The molecule has 152 valence electrons. The standard InChI is InChI=1S/C19H24F3N5S/c20-19(21,22)15-5-4-6-16(13-15)25-11-9-24(10-12-25)14-27-18(28)26-8-3-1-2-7-17(26)23-27/h4-6,13H,1-3,7-12,14H2/p+1. The highest BCUT2D eigenvalue weighted by molar-refractivity contribution is 7.71. The second-order valence-electron chi connectivity index (χ2n) is 7.60. The molecule has 5 nitrogen and oxygen atoms in total. The SMILES string of the molecule is FC(F)(F)c1cccc(N2CC[NH+](Cn3nc4n(c3=S)CCCCC4)CC2)c1. The Kier molecular flexibility index (Phi) is 5.46. The van der Waals surface area contributed by atoms with Gasteiger partial charge in [0.1, 0.15) is 5.82 Å². The molecule has 0 unspecified atom stereocenters. The molecule has 28 heavy (non-hydrogen) atoms. The first kappa shape index (κ1) is 19.4. The van der Waals surface area contributed by atoms with Crippen molar-refractivity contribution in [3.05, 3.63) is 40.4 Å². The number of hydrogen-bond acceptors (Lipinski definition) is 3. The van der Waals surface area contributed by atoms with Gasteiger partial charge >= 0.3 is 6.18 Å². The minimum absolute atomic E-state index is 0.592. The zero-order valence-electron chi connectivity index (χ0n) is 15.7. The molecule has 0 atom stereocenters. The number of alkyl halides is 3. The number of rotatable bonds is 3. The number of fused-ring (bicyclic) bond motifs is 1. The number of aryl methyl sites for hydroxylation is 1. The quantitative estimate of drug-likeness (QED) is 0.786. The monoisotopic (exact) mass is 412 g/mol. The number of anilines is 1. The number of nitrogens with zero attached hydrogens (tertiary/aromatic N) is 4. The summed E-state index contributed by atoms with van der Waals surface area (Å²) in [6.07, 6.45) is 0.207. The van der Waals surface area contributed by atoms with Gasteiger partial charge in [-0.05, 0) is 43.3 Å². The molecule has 0 radical (unpaired) electrons. The molecule has 1 fully saturated rings. The van der Waals surface area contributed by atoms with Gasteiger partial charge in [-0.25, -0.2) is 0 Å². The highest BCUT2D eigenvalue weighted by Gasteiger charge is 2.31. The van der Waals surface area contributed by atoms with Gasteiger partial charge in [0.15, 0.2) is 6.67 Å². The van der Waals surface area contributed by atoms with E-state index in [9.17, 15) is 13.2 Å². The second kappa shape index (κ2) is 7.87. The maximum absolute atomic E-state index is 13.0. The number of hydrogen-bond donors (Lipinski definition) is 1. The third kappa shape index (κ3) is 4.10. The molecule has 9 heteroatoms. The van der Waals surface area contributed by atoms with E-state index in [0.717, 1.165) is 75.3 Å². The summed E-state index contributed by atoms with van der Waals surface area (Å²) < 4.78 is 43.8. The summed E-state index contributed by atoms with van der Waals surface area (Å²) >= 11 is 5.62. The Hall–Kier alpha value is -1.87. The third-order valence-corrected chi connectivity index (χ3v) is 6.10. The van der Waals surface area contributed by atoms with Crippen LogP contribution < -0.4 is 9.80 Å². The van der Waals surface area contributed by atoms with Gasteiger partial charge in [-0.3, -0.25) is 0 Å². The smallest absolute Gasteiger partial charge is 0.360 e. The van der Waals surface area contributed by atoms with E-state index in [1.54, 1.807) is 6.07 Å². The zero-order valence-corrected chi connectivity index (χ0v) is 16.5. The molecule has 2 aliphatic rings. The van der Waals surface area contributed by atoms with Crippen LogP contribution in [0.15, 0.2) is 24.3 Å². The first-order valence-electron chi connectivity index (χ1n) is 9.84. The Labute approximate surface area is 167 Å². The van der Waals surface area contributed by atoms with Gasteiger partial charge in [0.2, 0.25) is 4.77 Å². The Bertz CT molecular complexity index is 880. The lowest BCUT2D eigenvalue weighted by Crippen LogP contribution is -3.14. The van der Waals surface area contributed by atoms with Crippen LogP contribution in [0, 0.1) is 4.77 Å². The second-order valence-corrected chi connectivity index (χ2v) is 7.97. The van der Waals surface area contributed by atoms with E-state index in [1.807, 2.05) is 9.58 Å². The minimum Gasteiger partial charge on any atom is -0.360 e. The molecule has 0 amide bonds. The van der Waals surface area contributed by atoms with E-state index >= 15 is 0 Å². The largest absolute Gasteiger partial charge is 0.416 e. The molecule has 2 aliphatic heterocycles. The highest BCUT2D eigenvalue weighted by atomic mass is 32.1. The van der Waals surface area contributed by atoms with Gasteiger partial charge in [0.25, 0.3) is 0 Å². The lowest BCUT2D eigenvalue weighted by molar-refractivity contribution is -0.924. The average molecular weight is 413 g/mol. The fraction of sp³-hybridized carbons (Fsp3) is 0.579. The molecular weight excluding hydrogens is 387 g/mol. The van der Waals surface area contributed by atoms with Crippen molar-refractivity contribution in [2.24, 2.45) is 0 Å². The highest BCUT2D eigenvalue weighted by Crippen LogP contribution is 2.31. The Morgan fingerprint density at radius 3 is 2.61 bits per heavy atom. The number of nitrogens with one attached hydrogen (secondary N) is 1. The Morgan fingerprint density at radius 2 is 1.86 bits per heavy atom. The van der Waals surface area contributed by atoms with Crippen LogP contribution in [-0.4, -0.2) is 40.5 Å². The van der Waals surface area contributed by atoms with Crippen molar-refractivity contribution in [1.82, 2.24) is 14.3 Å². The summed E-state index contributed by atoms with van der Waals surface area (Å²) in [5, 5.41) is 4.74. The molecule has 2 aromatic rings. The van der Waals surface area contributed by atoms with Crippen LogP contribution in [0.5, 0.6) is 0 Å². The summed E-state index contributed by atoms with van der Waals surface area (Å²) in [4.78, 5) is 3.38. The average Bonchev–Trinajstić information content (AvgIpc) is 2.85. The van der Waals surface area contributed by atoms with Crippen LogP contribution in [-0.2, 0) is 25.8 Å². The summed E-state index contributed by atoms with van der Waals surface area (Å²) in [5.41, 5.74) is 0.0461. The first-order valence-corrected chi connectivity index (χ1v) is 10.2. The predicted molar refractivity (Wildman–Crippen MR) is 103 cm³/mol. The molecule has 4 rings (SSSR count). The predicted octanol–water partition coefficient (Wildman–Crippen LogP) is 2.52. The van der Waals surface area contributed by atoms with Crippen LogP contribution in [0.25, 0.3) is 0 Å². The van der Waals surface area contributed by atoms with E-state index in [0.29, 0.717) is 5.69 Å². The van der Waals surface area contributed by atoms with E-state index in [1.165, 1.54) is 23.5 Å². The summed E-state index contributed by atoms with van der Waals surface area (Å²) in [5.74, 6) is 1.09. The number of aromatic nitrogens is 3. The van der Waals surface area contributed by atoms with Gasteiger partial charge in [-0.15, -0.1) is 0 Å². The van der Waals surface area contributed by atoms with Crippen molar-refractivity contribution in [1.29, 1.82) is 0 Å². The molecule has 1 saturated heterocycles. The van der Waals surface area contributed by atoms with Crippen molar-refractivity contribution in [2.45, 2.75) is 45.1 Å². The van der Waals surface area contributed by atoms with Crippen LogP contribution in [0.1, 0.15) is 30.7 Å². The molecule has 1 aromatic heterocycles. The van der Waals surface area contributed by atoms with Gasteiger partial charge in [0.05, 0.1) is 31.7 Å². The number of benzene rings is 1. The van der Waals surface area contributed by atoms with E-state index in [2.05, 4.69) is 4.57 Å². The lowest BCUT2D eigenvalue weighted by Gasteiger charge is -2.33. The molecule has 0 aliphatic carbocycles. The molecule has 0 spiro atoms. The van der Waals surface area contributed by atoms with Crippen LogP contribution >= 0.6 is 12.2 Å². The van der Waals surface area contributed by atoms with Crippen LogP contribution in [0.4, 0.5) is 18.9 Å². The van der Waals surface area contributed by atoms with Gasteiger partial charge < -0.3 is 14.4 Å². The summed E-state index contributed by atoms with van der Waals surface area (Å²) in [6, 6.07) is 5.60. The number of piperazine rings is 1.